The van der Waals surface area contributed by atoms with Gasteiger partial charge in [-0.25, -0.2) is 14.4 Å². The molecule has 2 amide bonds. The van der Waals surface area contributed by atoms with Crippen molar-refractivity contribution in [1.82, 2.24) is 20.1 Å². The molecule has 1 atom stereocenters. The van der Waals surface area contributed by atoms with Crippen molar-refractivity contribution in [3.63, 3.8) is 0 Å². The summed E-state index contributed by atoms with van der Waals surface area (Å²) < 4.78 is 69.6. The van der Waals surface area contributed by atoms with Crippen LogP contribution in [0.4, 0.5) is 31.1 Å². The highest BCUT2D eigenvalue weighted by molar-refractivity contribution is 5.74. The lowest BCUT2D eigenvalue weighted by atomic mass is 9.82. The van der Waals surface area contributed by atoms with Gasteiger partial charge in [0, 0.05) is 58.8 Å². The number of likely N-dealkylation sites (tertiary alicyclic amines) is 1. The van der Waals surface area contributed by atoms with E-state index in [1.807, 2.05) is 18.5 Å². The Labute approximate surface area is 214 Å². The van der Waals surface area contributed by atoms with Crippen LogP contribution in [0.1, 0.15) is 31.2 Å². The number of ether oxygens (including phenoxy) is 1. The number of carbonyl (C=O) groups excluding carboxylic acids is 1. The topological polar surface area (TPSA) is 132 Å². The quantitative estimate of drug-likeness (QED) is 0.481. The van der Waals surface area contributed by atoms with Gasteiger partial charge < -0.3 is 25.2 Å². The van der Waals surface area contributed by atoms with E-state index in [4.69, 9.17) is 24.5 Å². The molecule has 2 fully saturated rings. The number of alkyl halides is 6. The number of amides is 2. The predicted molar refractivity (Wildman–Crippen MR) is 120 cm³/mol. The van der Waals surface area contributed by atoms with Gasteiger partial charge in [0.05, 0.1) is 5.60 Å². The second-order valence-electron chi connectivity index (χ2n) is 8.81. The van der Waals surface area contributed by atoms with Crippen molar-refractivity contribution in [2.75, 3.05) is 33.8 Å². The molecular weight excluding hydrogens is 530 g/mol. The monoisotopic (exact) mass is 560 g/mol. The van der Waals surface area contributed by atoms with E-state index in [0.29, 0.717) is 0 Å². The molecule has 16 heteroatoms. The Morgan fingerprint density at radius 3 is 2.05 bits per heavy atom. The third kappa shape index (κ3) is 11.9. The Hall–Kier alpha value is -3.14. The van der Waals surface area contributed by atoms with Crippen molar-refractivity contribution in [2.24, 2.45) is 0 Å². The number of hydrogen-bond acceptors (Lipinski definition) is 6. The van der Waals surface area contributed by atoms with E-state index in [-0.39, 0.29) is 17.7 Å². The van der Waals surface area contributed by atoms with E-state index in [9.17, 15) is 31.1 Å². The lowest BCUT2D eigenvalue weighted by molar-refractivity contribution is -0.193. The first-order chi connectivity index (χ1) is 17.4. The van der Waals surface area contributed by atoms with E-state index in [2.05, 4.69) is 21.3 Å². The number of pyridine rings is 1. The molecular formula is C22H30F6N4O6. The fourth-order valence-electron chi connectivity index (χ4n) is 3.67. The Bertz CT molecular complexity index is 882. The minimum atomic E-state index is -5.08. The molecule has 0 saturated carbocycles. The summed E-state index contributed by atoms with van der Waals surface area (Å²) in [4.78, 5) is 37.9. The number of nitrogens with zero attached hydrogens (tertiary/aromatic N) is 3. The molecule has 0 aromatic carbocycles. The largest absolute Gasteiger partial charge is 0.490 e. The van der Waals surface area contributed by atoms with Crippen LogP contribution < -0.4 is 5.32 Å². The molecule has 1 aromatic rings. The Balaban J connectivity index is 0.000000426. The second-order valence-corrected chi connectivity index (χ2v) is 8.81. The lowest BCUT2D eigenvalue weighted by Gasteiger charge is -2.46. The molecule has 2 aliphatic rings. The van der Waals surface area contributed by atoms with Gasteiger partial charge in [-0.3, -0.25) is 9.88 Å². The lowest BCUT2D eigenvalue weighted by Crippen LogP contribution is -2.54. The van der Waals surface area contributed by atoms with Gasteiger partial charge in [0.15, 0.2) is 0 Å². The highest BCUT2D eigenvalue weighted by atomic mass is 19.4. The number of piperidine rings is 1. The summed E-state index contributed by atoms with van der Waals surface area (Å²) in [6.07, 6.45) is -2.53. The number of aromatic nitrogens is 1. The molecule has 216 valence electrons. The number of carboxylic acids is 2. The first-order valence-electron chi connectivity index (χ1n) is 11.3. The smallest absolute Gasteiger partial charge is 0.475 e. The number of hydrogen-bond donors (Lipinski definition) is 3. The van der Waals surface area contributed by atoms with Gasteiger partial charge >= 0.3 is 30.3 Å². The number of urea groups is 1. The summed E-state index contributed by atoms with van der Waals surface area (Å²) in [7, 11) is 3.56. The summed E-state index contributed by atoms with van der Waals surface area (Å²) in [5.74, 6) is -5.51. The molecule has 1 spiro atoms. The second kappa shape index (κ2) is 14.1. The Morgan fingerprint density at radius 1 is 1.11 bits per heavy atom. The summed E-state index contributed by atoms with van der Waals surface area (Å²) in [5.41, 5.74) is 1.20. The Kier molecular flexibility index (Phi) is 12.2. The summed E-state index contributed by atoms with van der Waals surface area (Å²) in [6, 6.07) is 4.33. The van der Waals surface area contributed by atoms with E-state index < -0.39 is 24.3 Å². The first kappa shape index (κ1) is 32.9. The zero-order chi connectivity index (χ0) is 29.1. The van der Waals surface area contributed by atoms with Crippen molar-refractivity contribution in [3.8, 4) is 0 Å². The van der Waals surface area contributed by atoms with Crippen LogP contribution >= 0.6 is 0 Å². The molecule has 0 aliphatic carbocycles. The average Bonchev–Trinajstić information content (AvgIpc) is 2.81. The van der Waals surface area contributed by atoms with Crippen LogP contribution in [0.25, 0.3) is 0 Å². The van der Waals surface area contributed by atoms with Crippen molar-refractivity contribution in [2.45, 2.75) is 56.2 Å². The fraction of sp³-hybridized carbons (Fsp3) is 0.636. The van der Waals surface area contributed by atoms with Crippen LogP contribution in [-0.4, -0.2) is 101 Å². The molecule has 38 heavy (non-hydrogen) atoms. The standard InChI is InChI=1S/C18H28N4O2.2C2HF3O2/c1-21(2)17(23)20-16-5-11-24-18(12-16)6-9-22(10-7-18)14-15-4-3-8-19-13-15;2*3-2(4,5)1(6)7/h3-4,8,13,16H,5-7,9-12,14H2,1-2H3,(H,20,23);2*(H,6,7). The van der Waals surface area contributed by atoms with Crippen LogP contribution in [0.3, 0.4) is 0 Å². The van der Waals surface area contributed by atoms with Crippen molar-refractivity contribution < 1.29 is 55.7 Å². The van der Waals surface area contributed by atoms with Crippen LogP contribution in [0, 0.1) is 0 Å². The number of carbonyl (C=O) groups is 3. The number of rotatable bonds is 3. The maximum Gasteiger partial charge on any atom is 0.490 e. The van der Waals surface area contributed by atoms with Gasteiger partial charge in [0.1, 0.15) is 0 Å². The fourth-order valence-corrected chi connectivity index (χ4v) is 3.67. The van der Waals surface area contributed by atoms with E-state index in [0.717, 1.165) is 51.9 Å². The molecule has 0 radical (unpaired) electrons. The van der Waals surface area contributed by atoms with Crippen molar-refractivity contribution in [3.05, 3.63) is 30.1 Å². The highest BCUT2D eigenvalue weighted by Crippen LogP contribution is 2.35. The van der Waals surface area contributed by atoms with Crippen molar-refractivity contribution in [1.29, 1.82) is 0 Å². The summed E-state index contributed by atoms with van der Waals surface area (Å²) in [6.45, 7) is 3.75. The summed E-state index contributed by atoms with van der Waals surface area (Å²) >= 11 is 0. The molecule has 1 aromatic heterocycles. The molecule has 3 heterocycles. The Morgan fingerprint density at radius 2 is 1.63 bits per heavy atom. The maximum absolute atomic E-state index is 11.9. The number of carboxylic acid groups (broad SMARTS) is 2. The summed E-state index contributed by atoms with van der Waals surface area (Å²) in [5, 5.41) is 17.4. The third-order valence-corrected chi connectivity index (χ3v) is 5.61. The van der Waals surface area contributed by atoms with Gasteiger partial charge in [-0.15, -0.1) is 0 Å². The minimum Gasteiger partial charge on any atom is -0.475 e. The number of aliphatic carboxylic acids is 2. The molecule has 3 rings (SSSR count). The number of halogens is 6. The third-order valence-electron chi connectivity index (χ3n) is 5.61. The van der Waals surface area contributed by atoms with Gasteiger partial charge in [-0.2, -0.15) is 26.3 Å². The van der Waals surface area contributed by atoms with Crippen LogP contribution in [0.2, 0.25) is 0 Å². The molecule has 3 N–H and O–H groups in total. The van der Waals surface area contributed by atoms with Crippen LogP contribution in [0.5, 0.6) is 0 Å². The molecule has 2 aliphatic heterocycles. The SMILES string of the molecule is CN(C)C(=O)NC1CCOC2(CCN(Cc3cccnc3)CC2)C1.O=C(O)C(F)(F)F.O=C(O)C(F)(F)F. The predicted octanol–water partition coefficient (Wildman–Crippen LogP) is 3.13. The zero-order valence-electron chi connectivity index (χ0n) is 20.7. The van der Waals surface area contributed by atoms with E-state index >= 15 is 0 Å². The van der Waals surface area contributed by atoms with Gasteiger partial charge in [0.25, 0.3) is 0 Å². The van der Waals surface area contributed by atoms with Crippen LogP contribution in [0.15, 0.2) is 24.5 Å². The van der Waals surface area contributed by atoms with Gasteiger partial charge in [0.2, 0.25) is 0 Å². The molecule has 2 saturated heterocycles. The zero-order valence-corrected chi connectivity index (χ0v) is 20.7. The highest BCUT2D eigenvalue weighted by Gasteiger charge is 2.41. The van der Waals surface area contributed by atoms with Gasteiger partial charge in [-0.1, -0.05) is 6.07 Å². The molecule has 0 bridgehead atoms. The molecule has 10 nitrogen and oxygen atoms in total. The van der Waals surface area contributed by atoms with Crippen molar-refractivity contribution >= 4 is 18.0 Å². The molecule has 1 unspecified atom stereocenters. The van der Waals surface area contributed by atoms with E-state index in [1.165, 1.54) is 5.56 Å². The number of nitrogens with one attached hydrogen (secondary N) is 1. The first-order valence-corrected chi connectivity index (χ1v) is 11.3. The van der Waals surface area contributed by atoms with E-state index in [1.54, 1.807) is 19.0 Å². The van der Waals surface area contributed by atoms with Gasteiger partial charge in [-0.05, 0) is 37.3 Å². The normalized spacial score (nSPS) is 19.2. The maximum atomic E-state index is 11.9. The average molecular weight is 560 g/mol. The minimum absolute atomic E-state index is 0.00827. The van der Waals surface area contributed by atoms with Crippen LogP contribution in [-0.2, 0) is 20.9 Å².